The Kier molecular flexibility index (Phi) is 5.37. The molecule has 2 rings (SSSR count). The Morgan fingerprint density at radius 3 is 2.13 bits per heavy atom. The molecule has 0 fully saturated rings. The molecule has 0 unspecified atom stereocenters. The van der Waals surface area contributed by atoms with E-state index in [9.17, 15) is 8.78 Å². The summed E-state index contributed by atoms with van der Waals surface area (Å²) in [6.07, 6.45) is 3.34. The third-order valence-corrected chi connectivity index (χ3v) is 3.58. The third-order valence-electron chi connectivity index (χ3n) is 3.58. The second-order valence-electron chi connectivity index (χ2n) is 5.47. The van der Waals surface area contributed by atoms with Gasteiger partial charge in [-0.15, -0.1) is 0 Å². The monoisotopic (exact) mass is 318 g/mol. The normalized spacial score (nSPS) is 11.3. The van der Waals surface area contributed by atoms with E-state index in [0.29, 0.717) is 16.9 Å². The summed E-state index contributed by atoms with van der Waals surface area (Å²) < 4.78 is 38.2. The average Bonchev–Trinajstić information content (AvgIpc) is 2.54. The minimum atomic E-state index is -0.435. The van der Waals surface area contributed by atoms with Gasteiger partial charge in [0, 0.05) is 11.1 Å². The van der Waals surface area contributed by atoms with Crippen molar-refractivity contribution in [3.8, 4) is 11.5 Å². The van der Waals surface area contributed by atoms with Crippen LogP contribution < -0.4 is 9.47 Å². The molecule has 0 aliphatic heterocycles. The summed E-state index contributed by atoms with van der Waals surface area (Å²) in [5.41, 5.74) is 1.83. The molecule has 0 amide bonds. The van der Waals surface area contributed by atoms with Crippen LogP contribution in [0.5, 0.6) is 11.5 Å². The molecule has 0 aromatic heterocycles. The number of methoxy groups -OCH3 is 2. The second-order valence-corrected chi connectivity index (χ2v) is 5.47. The average molecular weight is 318 g/mol. The lowest BCUT2D eigenvalue weighted by atomic mass is 9.97. The summed E-state index contributed by atoms with van der Waals surface area (Å²) in [5.74, 6) is 0.0907. The molecule has 0 heterocycles. The lowest BCUT2D eigenvalue weighted by Crippen LogP contribution is -2.03. The lowest BCUT2D eigenvalue weighted by molar-refractivity contribution is 0.362. The number of benzene rings is 2. The maximum atomic E-state index is 14.7. The van der Waals surface area contributed by atoms with Crippen LogP contribution in [0, 0.1) is 11.6 Å². The molecule has 4 heteroatoms. The summed E-state index contributed by atoms with van der Waals surface area (Å²) in [5, 5.41) is 0. The molecule has 0 spiro atoms. The van der Waals surface area contributed by atoms with Crippen molar-refractivity contribution in [2.45, 2.75) is 19.8 Å². The van der Waals surface area contributed by atoms with Gasteiger partial charge in [0.05, 0.1) is 14.2 Å². The van der Waals surface area contributed by atoms with Crippen LogP contribution >= 0.6 is 0 Å². The summed E-state index contributed by atoms with van der Waals surface area (Å²) in [7, 11) is 2.99. The summed E-state index contributed by atoms with van der Waals surface area (Å²) in [6, 6.07) is 7.62. The molecule has 0 bridgehead atoms. The predicted octanol–water partition coefficient (Wildman–Crippen LogP) is 5.28. The highest BCUT2D eigenvalue weighted by atomic mass is 19.1. The molecule has 0 saturated heterocycles. The molecule has 0 radical (unpaired) electrons. The topological polar surface area (TPSA) is 18.5 Å². The first-order valence-corrected chi connectivity index (χ1v) is 7.36. The largest absolute Gasteiger partial charge is 0.496 e. The smallest absolute Gasteiger partial charge is 0.172 e. The Hall–Kier alpha value is -2.36. The molecule has 0 N–H and O–H groups in total. The van der Waals surface area contributed by atoms with E-state index >= 15 is 0 Å². The maximum absolute atomic E-state index is 14.7. The highest BCUT2D eigenvalue weighted by Gasteiger charge is 2.20. The van der Waals surface area contributed by atoms with E-state index in [1.807, 2.05) is 13.8 Å². The van der Waals surface area contributed by atoms with Gasteiger partial charge in [-0.2, -0.15) is 0 Å². The van der Waals surface area contributed by atoms with Gasteiger partial charge in [0.1, 0.15) is 11.6 Å². The standard InChI is InChI=1S/C19H20F2O2/c1-12(2)17-16(22-3)11-14(18(21)19(17)23-4)8-5-13-6-9-15(20)10-7-13/h5-12H,1-4H3/b8-5+. The number of halogens is 2. The van der Waals surface area contributed by atoms with Crippen LogP contribution in [0.3, 0.4) is 0 Å². The van der Waals surface area contributed by atoms with Gasteiger partial charge in [0.15, 0.2) is 11.6 Å². The van der Waals surface area contributed by atoms with E-state index in [4.69, 9.17) is 9.47 Å². The number of ether oxygens (including phenoxy) is 2. The number of hydrogen-bond acceptors (Lipinski definition) is 2. The molecule has 0 aliphatic carbocycles. The Morgan fingerprint density at radius 2 is 1.61 bits per heavy atom. The molecule has 122 valence electrons. The maximum Gasteiger partial charge on any atom is 0.172 e. The molecule has 0 aliphatic rings. The Balaban J connectivity index is 2.48. The second kappa shape index (κ2) is 7.27. The van der Waals surface area contributed by atoms with Gasteiger partial charge in [-0.05, 0) is 29.7 Å². The van der Waals surface area contributed by atoms with Crippen molar-refractivity contribution in [3.63, 3.8) is 0 Å². The quantitative estimate of drug-likeness (QED) is 0.699. The zero-order valence-corrected chi connectivity index (χ0v) is 13.7. The van der Waals surface area contributed by atoms with Gasteiger partial charge in [0.2, 0.25) is 0 Å². The Morgan fingerprint density at radius 1 is 0.957 bits per heavy atom. The van der Waals surface area contributed by atoms with Crippen LogP contribution in [0.2, 0.25) is 0 Å². The first-order valence-electron chi connectivity index (χ1n) is 7.36. The molecular weight excluding hydrogens is 298 g/mol. The number of hydrogen-bond donors (Lipinski definition) is 0. The van der Waals surface area contributed by atoms with Gasteiger partial charge >= 0.3 is 0 Å². The zero-order valence-electron chi connectivity index (χ0n) is 13.7. The Labute approximate surface area is 135 Å². The van der Waals surface area contributed by atoms with E-state index in [1.54, 1.807) is 37.5 Å². The van der Waals surface area contributed by atoms with E-state index in [1.165, 1.54) is 19.2 Å². The van der Waals surface area contributed by atoms with Crippen molar-refractivity contribution in [2.75, 3.05) is 14.2 Å². The van der Waals surface area contributed by atoms with Crippen LogP contribution in [0.25, 0.3) is 12.2 Å². The summed E-state index contributed by atoms with van der Waals surface area (Å²) in [6.45, 7) is 3.90. The van der Waals surface area contributed by atoms with E-state index in [0.717, 1.165) is 5.56 Å². The predicted molar refractivity (Wildman–Crippen MR) is 88.9 cm³/mol. The third kappa shape index (κ3) is 3.70. The molecule has 2 aromatic carbocycles. The van der Waals surface area contributed by atoms with Crippen LogP contribution in [0.1, 0.15) is 36.5 Å². The Bertz CT molecular complexity index is 704. The fourth-order valence-electron chi connectivity index (χ4n) is 2.44. The van der Waals surface area contributed by atoms with E-state index in [-0.39, 0.29) is 17.5 Å². The van der Waals surface area contributed by atoms with Crippen molar-refractivity contribution in [2.24, 2.45) is 0 Å². The first-order chi connectivity index (χ1) is 11.0. The molecule has 0 saturated carbocycles. The number of rotatable bonds is 5. The first kappa shape index (κ1) is 17.0. The van der Waals surface area contributed by atoms with Gasteiger partial charge in [0.25, 0.3) is 0 Å². The van der Waals surface area contributed by atoms with Gasteiger partial charge < -0.3 is 9.47 Å². The SMILES string of the molecule is COc1cc(/C=C/c2ccc(F)cc2)c(F)c(OC)c1C(C)C. The molecule has 23 heavy (non-hydrogen) atoms. The molecular formula is C19H20F2O2. The summed E-state index contributed by atoms with van der Waals surface area (Å²) in [4.78, 5) is 0. The minimum Gasteiger partial charge on any atom is -0.496 e. The highest BCUT2D eigenvalue weighted by molar-refractivity contribution is 5.72. The fraction of sp³-hybridized carbons (Fsp3) is 0.263. The molecule has 0 atom stereocenters. The van der Waals surface area contributed by atoms with Crippen molar-refractivity contribution in [1.82, 2.24) is 0 Å². The van der Waals surface area contributed by atoms with Gasteiger partial charge in [-0.3, -0.25) is 0 Å². The van der Waals surface area contributed by atoms with Crippen molar-refractivity contribution in [3.05, 3.63) is 58.7 Å². The van der Waals surface area contributed by atoms with Crippen LogP contribution in [-0.4, -0.2) is 14.2 Å². The van der Waals surface area contributed by atoms with Crippen LogP contribution in [0.15, 0.2) is 30.3 Å². The van der Waals surface area contributed by atoms with Gasteiger partial charge in [-0.1, -0.05) is 38.1 Å². The van der Waals surface area contributed by atoms with Gasteiger partial charge in [-0.25, -0.2) is 8.78 Å². The van der Waals surface area contributed by atoms with Crippen LogP contribution in [0.4, 0.5) is 8.78 Å². The molecule has 2 aromatic rings. The lowest BCUT2D eigenvalue weighted by Gasteiger charge is -2.18. The van der Waals surface area contributed by atoms with Crippen LogP contribution in [-0.2, 0) is 0 Å². The van der Waals surface area contributed by atoms with Crippen molar-refractivity contribution in [1.29, 1.82) is 0 Å². The minimum absolute atomic E-state index is 0.0597. The van der Waals surface area contributed by atoms with Crippen molar-refractivity contribution < 1.29 is 18.3 Å². The molecule has 2 nitrogen and oxygen atoms in total. The zero-order chi connectivity index (χ0) is 17.0. The van der Waals surface area contributed by atoms with E-state index < -0.39 is 5.82 Å². The fourth-order valence-corrected chi connectivity index (χ4v) is 2.44. The highest BCUT2D eigenvalue weighted by Crippen LogP contribution is 2.39. The van der Waals surface area contributed by atoms with Crippen molar-refractivity contribution >= 4 is 12.2 Å². The van der Waals surface area contributed by atoms with E-state index in [2.05, 4.69) is 0 Å². The summed E-state index contributed by atoms with van der Waals surface area (Å²) >= 11 is 0.